The number of benzene rings is 1. The summed E-state index contributed by atoms with van der Waals surface area (Å²) >= 11 is 0. The predicted octanol–water partition coefficient (Wildman–Crippen LogP) is 0.504. The van der Waals surface area contributed by atoms with Crippen LogP contribution in [0.3, 0.4) is 0 Å². The third-order valence-corrected chi connectivity index (χ3v) is 2.11. The maximum absolute atomic E-state index is 11.2. The highest BCUT2D eigenvalue weighted by atomic mass is 16.5. The smallest absolute Gasteiger partial charge is 0.318 e. The van der Waals surface area contributed by atoms with Crippen molar-refractivity contribution in [3.63, 3.8) is 0 Å². The van der Waals surface area contributed by atoms with Crippen LogP contribution in [0.2, 0.25) is 0 Å². The SMILES string of the molecule is COC(=O)[C@@H](Cc1ccccc1)C(N)=O. The van der Waals surface area contributed by atoms with Crippen molar-refractivity contribution in [3.05, 3.63) is 35.9 Å². The number of primary amides is 1. The second kappa shape index (κ2) is 5.14. The quantitative estimate of drug-likeness (QED) is 0.577. The van der Waals surface area contributed by atoms with E-state index in [2.05, 4.69) is 4.74 Å². The van der Waals surface area contributed by atoms with Gasteiger partial charge in [-0.15, -0.1) is 0 Å². The van der Waals surface area contributed by atoms with Crippen LogP contribution in [0.1, 0.15) is 5.56 Å². The van der Waals surface area contributed by atoms with Gasteiger partial charge in [0.25, 0.3) is 0 Å². The summed E-state index contributed by atoms with van der Waals surface area (Å²) in [5.41, 5.74) is 6.00. The maximum Gasteiger partial charge on any atom is 0.318 e. The lowest BCUT2D eigenvalue weighted by Crippen LogP contribution is -2.32. The molecule has 4 heteroatoms. The van der Waals surface area contributed by atoms with Gasteiger partial charge in [-0.05, 0) is 12.0 Å². The standard InChI is InChI=1S/C11H13NO3/c1-15-11(14)9(10(12)13)7-8-5-3-2-4-6-8/h2-6,9H,7H2,1H3,(H2,12,13)/t9-/m0/s1. The number of amides is 1. The number of rotatable bonds is 4. The van der Waals surface area contributed by atoms with Crippen LogP contribution in [0.5, 0.6) is 0 Å². The van der Waals surface area contributed by atoms with E-state index >= 15 is 0 Å². The molecule has 1 amide bonds. The van der Waals surface area contributed by atoms with Gasteiger partial charge in [0.15, 0.2) is 0 Å². The van der Waals surface area contributed by atoms with E-state index in [1.165, 1.54) is 7.11 Å². The molecule has 0 saturated heterocycles. The molecule has 1 atom stereocenters. The third kappa shape index (κ3) is 3.09. The van der Waals surface area contributed by atoms with E-state index in [0.717, 1.165) is 5.56 Å². The first kappa shape index (κ1) is 11.2. The fourth-order valence-corrected chi connectivity index (χ4v) is 1.29. The Labute approximate surface area is 88.0 Å². The average molecular weight is 207 g/mol. The summed E-state index contributed by atoms with van der Waals surface area (Å²) < 4.78 is 4.51. The fourth-order valence-electron chi connectivity index (χ4n) is 1.29. The van der Waals surface area contributed by atoms with Crippen LogP contribution in [0.15, 0.2) is 30.3 Å². The van der Waals surface area contributed by atoms with E-state index in [9.17, 15) is 9.59 Å². The van der Waals surface area contributed by atoms with Crippen molar-refractivity contribution in [1.82, 2.24) is 0 Å². The van der Waals surface area contributed by atoms with Crippen LogP contribution in [0, 0.1) is 5.92 Å². The van der Waals surface area contributed by atoms with Crippen molar-refractivity contribution < 1.29 is 14.3 Å². The monoisotopic (exact) mass is 207 g/mol. The van der Waals surface area contributed by atoms with Gasteiger partial charge in [0, 0.05) is 0 Å². The molecule has 0 spiro atoms. The Morgan fingerprint density at radius 1 is 1.33 bits per heavy atom. The number of methoxy groups -OCH3 is 1. The molecule has 0 fully saturated rings. The number of ether oxygens (including phenoxy) is 1. The highest BCUT2D eigenvalue weighted by Crippen LogP contribution is 2.09. The summed E-state index contributed by atoms with van der Waals surface area (Å²) in [7, 11) is 1.24. The Morgan fingerprint density at radius 2 is 1.93 bits per heavy atom. The molecule has 0 radical (unpaired) electrons. The highest BCUT2D eigenvalue weighted by molar-refractivity contribution is 5.97. The summed E-state index contributed by atoms with van der Waals surface area (Å²) in [5, 5.41) is 0. The molecule has 15 heavy (non-hydrogen) atoms. The lowest BCUT2D eigenvalue weighted by molar-refractivity contribution is -0.149. The van der Waals surface area contributed by atoms with Gasteiger partial charge >= 0.3 is 5.97 Å². The molecule has 1 aromatic rings. The zero-order valence-corrected chi connectivity index (χ0v) is 8.47. The molecule has 2 N–H and O–H groups in total. The lowest BCUT2D eigenvalue weighted by atomic mass is 9.99. The summed E-state index contributed by atoms with van der Waals surface area (Å²) in [6.07, 6.45) is 0.281. The first-order valence-corrected chi connectivity index (χ1v) is 4.56. The second-order valence-corrected chi connectivity index (χ2v) is 3.17. The van der Waals surface area contributed by atoms with Gasteiger partial charge in [0.1, 0.15) is 5.92 Å². The van der Waals surface area contributed by atoms with Gasteiger partial charge in [-0.1, -0.05) is 30.3 Å². The zero-order chi connectivity index (χ0) is 11.3. The van der Waals surface area contributed by atoms with Crippen molar-refractivity contribution in [2.45, 2.75) is 6.42 Å². The third-order valence-electron chi connectivity index (χ3n) is 2.11. The first-order valence-electron chi connectivity index (χ1n) is 4.56. The van der Waals surface area contributed by atoms with Crippen molar-refractivity contribution >= 4 is 11.9 Å². The minimum Gasteiger partial charge on any atom is -0.468 e. The molecule has 80 valence electrons. The van der Waals surface area contributed by atoms with Crippen LogP contribution in [-0.2, 0) is 20.7 Å². The Morgan fingerprint density at radius 3 is 2.40 bits per heavy atom. The molecule has 0 bridgehead atoms. The molecule has 1 aromatic carbocycles. The largest absolute Gasteiger partial charge is 0.468 e. The lowest BCUT2D eigenvalue weighted by Gasteiger charge is -2.10. The molecule has 0 aliphatic carbocycles. The van der Waals surface area contributed by atoms with Crippen LogP contribution < -0.4 is 5.73 Å². The van der Waals surface area contributed by atoms with E-state index in [0.29, 0.717) is 0 Å². The summed E-state index contributed by atoms with van der Waals surface area (Å²) in [4.78, 5) is 22.3. The number of nitrogens with two attached hydrogens (primary N) is 1. The molecule has 0 unspecified atom stereocenters. The Bertz CT molecular complexity index is 348. The van der Waals surface area contributed by atoms with Gasteiger partial charge in [0.2, 0.25) is 5.91 Å². The first-order chi connectivity index (χ1) is 7.15. The summed E-state index contributed by atoms with van der Waals surface area (Å²) in [6, 6.07) is 9.20. The highest BCUT2D eigenvalue weighted by Gasteiger charge is 2.25. The van der Waals surface area contributed by atoms with Crippen molar-refractivity contribution in [2.24, 2.45) is 11.7 Å². The summed E-state index contributed by atoms with van der Waals surface area (Å²) in [5.74, 6) is -2.16. The van der Waals surface area contributed by atoms with E-state index in [4.69, 9.17) is 5.73 Å². The van der Waals surface area contributed by atoms with Gasteiger partial charge in [0.05, 0.1) is 7.11 Å². The van der Waals surface area contributed by atoms with Crippen LogP contribution >= 0.6 is 0 Å². The van der Waals surface area contributed by atoms with Crippen molar-refractivity contribution in [2.75, 3.05) is 7.11 Å². The average Bonchev–Trinajstić information content (AvgIpc) is 2.26. The van der Waals surface area contributed by atoms with E-state index in [-0.39, 0.29) is 6.42 Å². The number of esters is 1. The minimum absolute atomic E-state index is 0.281. The minimum atomic E-state index is -0.905. The fraction of sp³-hybridized carbons (Fsp3) is 0.273. The molecule has 0 heterocycles. The predicted molar refractivity (Wildman–Crippen MR) is 54.8 cm³/mol. The zero-order valence-electron chi connectivity index (χ0n) is 8.47. The molecule has 4 nitrogen and oxygen atoms in total. The Kier molecular flexibility index (Phi) is 3.85. The molecule has 0 saturated carbocycles. The van der Waals surface area contributed by atoms with Gasteiger partial charge < -0.3 is 10.5 Å². The van der Waals surface area contributed by atoms with Crippen LogP contribution in [-0.4, -0.2) is 19.0 Å². The number of carbonyl (C=O) groups is 2. The topological polar surface area (TPSA) is 69.4 Å². The molecule has 0 aliphatic rings. The van der Waals surface area contributed by atoms with Gasteiger partial charge in [-0.2, -0.15) is 0 Å². The number of hydrogen-bond acceptors (Lipinski definition) is 3. The van der Waals surface area contributed by atoms with Gasteiger partial charge in [-0.25, -0.2) is 0 Å². The van der Waals surface area contributed by atoms with Crippen LogP contribution in [0.25, 0.3) is 0 Å². The number of hydrogen-bond donors (Lipinski definition) is 1. The molecular weight excluding hydrogens is 194 g/mol. The van der Waals surface area contributed by atoms with Crippen LogP contribution in [0.4, 0.5) is 0 Å². The van der Waals surface area contributed by atoms with Gasteiger partial charge in [-0.3, -0.25) is 9.59 Å². The van der Waals surface area contributed by atoms with Crippen molar-refractivity contribution in [3.8, 4) is 0 Å². The second-order valence-electron chi connectivity index (χ2n) is 3.17. The maximum atomic E-state index is 11.2. The number of carbonyl (C=O) groups excluding carboxylic acids is 2. The van der Waals surface area contributed by atoms with Crippen molar-refractivity contribution in [1.29, 1.82) is 0 Å². The van der Waals surface area contributed by atoms with E-state index < -0.39 is 17.8 Å². The Balaban J connectivity index is 2.76. The Hall–Kier alpha value is -1.84. The molecular formula is C11H13NO3. The van der Waals surface area contributed by atoms with E-state index in [1.807, 2.05) is 30.3 Å². The molecule has 0 aromatic heterocycles. The normalized spacial score (nSPS) is 11.8. The van der Waals surface area contributed by atoms with E-state index in [1.54, 1.807) is 0 Å². The summed E-state index contributed by atoms with van der Waals surface area (Å²) in [6.45, 7) is 0. The molecule has 1 rings (SSSR count). The molecule has 0 aliphatic heterocycles.